The maximum Gasteiger partial charge on any atom is 0.185 e. The van der Waals surface area contributed by atoms with Gasteiger partial charge in [0.05, 0.1) is 20.8 Å². The zero-order valence-electron chi connectivity index (χ0n) is 11.1. The molecule has 0 unspecified atom stereocenters. The number of halogens is 1. The van der Waals surface area contributed by atoms with Crippen LogP contribution in [0.3, 0.4) is 0 Å². The third-order valence-corrected chi connectivity index (χ3v) is 2.19. The Morgan fingerprint density at radius 1 is 1.05 bits per heavy atom. The summed E-state index contributed by atoms with van der Waals surface area (Å²) in [7, 11) is 3.19. The van der Waals surface area contributed by atoms with Gasteiger partial charge in [0.15, 0.2) is 5.96 Å². The van der Waals surface area contributed by atoms with Crippen molar-refractivity contribution in [1.29, 1.82) is 0 Å². The molecule has 4 N–H and O–H groups in total. The van der Waals surface area contributed by atoms with Crippen LogP contribution in [0.2, 0.25) is 0 Å². The van der Waals surface area contributed by atoms with Gasteiger partial charge in [0, 0.05) is 31.2 Å². The summed E-state index contributed by atoms with van der Waals surface area (Å²) in [6, 6.07) is 5.37. The minimum Gasteiger partial charge on any atom is -0.496 e. The van der Waals surface area contributed by atoms with Crippen LogP contribution in [-0.2, 0) is 0 Å². The van der Waals surface area contributed by atoms with Crippen LogP contribution in [0.25, 0.3) is 0 Å². The van der Waals surface area contributed by atoms with E-state index < -0.39 is 0 Å². The van der Waals surface area contributed by atoms with Crippen LogP contribution in [0.15, 0.2) is 23.2 Å². The van der Waals surface area contributed by atoms with Crippen LogP contribution in [0, 0.1) is 0 Å². The summed E-state index contributed by atoms with van der Waals surface area (Å²) in [5.41, 5.74) is 10.4. The lowest BCUT2D eigenvalue weighted by molar-refractivity contribution is 0.307. The van der Waals surface area contributed by atoms with Crippen LogP contribution in [-0.4, -0.2) is 33.3 Å². The molecule has 0 aromatic heterocycles. The van der Waals surface area contributed by atoms with Gasteiger partial charge in [-0.25, -0.2) is 0 Å². The summed E-state index contributed by atoms with van der Waals surface area (Å²) in [5.74, 6) is 2.16. The molecule has 0 amide bonds. The number of hydrogen-bond acceptors (Lipinski definition) is 4. The second-order valence-electron chi connectivity index (χ2n) is 3.56. The largest absolute Gasteiger partial charge is 0.496 e. The van der Waals surface area contributed by atoms with Crippen molar-refractivity contribution in [2.24, 2.45) is 16.5 Å². The molecule has 108 valence electrons. The Morgan fingerprint density at radius 3 is 2.05 bits per heavy atom. The molecule has 0 radical (unpaired) electrons. The average molecular weight is 381 g/mol. The van der Waals surface area contributed by atoms with Crippen LogP contribution in [0.5, 0.6) is 17.2 Å². The molecular weight excluding hydrogens is 361 g/mol. The monoisotopic (exact) mass is 381 g/mol. The predicted octanol–water partition coefficient (Wildman–Crippen LogP) is 1.36. The Morgan fingerprint density at radius 2 is 1.58 bits per heavy atom. The van der Waals surface area contributed by atoms with Gasteiger partial charge in [0.1, 0.15) is 17.2 Å². The molecule has 6 nitrogen and oxygen atoms in total. The number of ether oxygens (including phenoxy) is 3. The van der Waals surface area contributed by atoms with Crippen LogP contribution >= 0.6 is 24.0 Å². The summed E-state index contributed by atoms with van der Waals surface area (Å²) in [4.78, 5) is 3.87. The SMILES string of the molecule is COc1cc(OC)cc(OCCCN=C(N)N)c1.I. The first-order valence-electron chi connectivity index (χ1n) is 5.57. The minimum atomic E-state index is 0. The standard InChI is InChI=1S/C12H19N3O3.HI/c1-16-9-6-10(17-2)8-11(7-9)18-5-3-4-15-12(13)14;/h6-8H,3-5H2,1-2H3,(H4,13,14,15);1H. The van der Waals surface area contributed by atoms with E-state index in [-0.39, 0.29) is 29.9 Å². The number of guanidine groups is 1. The molecule has 7 heteroatoms. The number of benzene rings is 1. The number of aliphatic imine (C=N–C) groups is 1. The fourth-order valence-electron chi connectivity index (χ4n) is 1.33. The summed E-state index contributed by atoms with van der Waals surface area (Å²) < 4.78 is 15.8. The van der Waals surface area contributed by atoms with Crippen molar-refractivity contribution >= 4 is 29.9 Å². The van der Waals surface area contributed by atoms with E-state index >= 15 is 0 Å². The van der Waals surface area contributed by atoms with Crippen LogP contribution < -0.4 is 25.7 Å². The van der Waals surface area contributed by atoms with Crippen LogP contribution in [0.1, 0.15) is 6.42 Å². The molecule has 19 heavy (non-hydrogen) atoms. The topological polar surface area (TPSA) is 92.1 Å². The van der Waals surface area contributed by atoms with Gasteiger partial charge in [0.25, 0.3) is 0 Å². The van der Waals surface area contributed by atoms with Gasteiger partial charge >= 0.3 is 0 Å². The van der Waals surface area contributed by atoms with E-state index in [0.29, 0.717) is 30.4 Å². The molecule has 0 spiro atoms. The average Bonchev–Trinajstić information content (AvgIpc) is 2.37. The molecule has 0 aliphatic carbocycles. The number of rotatable bonds is 7. The van der Waals surface area contributed by atoms with E-state index in [4.69, 9.17) is 25.7 Å². The second kappa shape index (κ2) is 9.54. The van der Waals surface area contributed by atoms with Crippen molar-refractivity contribution in [1.82, 2.24) is 0 Å². The fraction of sp³-hybridized carbons (Fsp3) is 0.417. The first-order valence-corrected chi connectivity index (χ1v) is 5.57. The highest BCUT2D eigenvalue weighted by atomic mass is 127. The van der Waals surface area contributed by atoms with Crippen molar-refractivity contribution < 1.29 is 14.2 Å². The zero-order valence-corrected chi connectivity index (χ0v) is 13.4. The Labute approximate surface area is 130 Å². The molecule has 0 aliphatic rings. The van der Waals surface area contributed by atoms with Crippen molar-refractivity contribution in [2.75, 3.05) is 27.4 Å². The molecule has 0 bridgehead atoms. The highest BCUT2D eigenvalue weighted by Gasteiger charge is 2.02. The summed E-state index contributed by atoms with van der Waals surface area (Å²) in [6.45, 7) is 1.07. The Bertz CT molecular complexity index is 387. The third kappa shape index (κ3) is 6.94. The van der Waals surface area contributed by atoms with E-state index in [2.05, 4.69) is 4.99 Å². The van der Waals surface area contributed by atoms with Gasteiger partial charge in [-0.1, -0.05) is 0 Å². The molecule has 1 rings (SSSR count). The summed E-state index contributed by atoms with van der Waals surface area (Å²) in [6.07, 6.45) is 0.734. The highest BCUT2D eigenvalue weighted by molar-refractivity contribution is 14.0. The van der Waals surface area contributed by atoms with E-state index in [0.717, 1.165) is 6.42 Å². The number of nitrogens with zero attached hydrogens (tertiary/aromatic N) is 1. The molecule has 0 aliphatic heterocycles. The van der Waals surface area contributed by atoms with E-state index in [9.17, 15) is 0 Å². The van der Waals surface area contributed by atoms with Gasteiger partial charge in [-0.3, -0.25) is 4.99 Å². The summed E-state index contributed by atoms with van der Waals surface area (Å²) >= 11 is 0. The normalized spacial score (nSPS) is 9.16. The number of nitrogens with two attached hydrogens (primary N) is 2. The first-order chi connectivity index (χ1) is 8.65. The van der Waals surface area contributed by atoms with Gasteiger partial charge in [0.2, 0.25) is 0 Å². The van der Waals surface area contributed by atoms with Crippen molar-refractivity contribution in [2.45, 2.75) is 6.42 Å². The number of methoxy groups -OCH3 is 2. The molecule has 0 saturated heterocycles. The molecule has 1 aromatic rings. The maximum atomic E-state index is 5.56. The minimum absolute atomic E-state index is 0. The molecule has 0 heterocycles. The molecule has 0 saturated carbocycles. The lowest BCUT2D eigenvalue weighted by Crippen LogP contribution is -2.23. The van der Waals surface area contributed by atoms with Crippen molar-refractivity contribution in [3.05, 3.63) is 18.2 Å². The van der Waals surface area contributed by atoms with Crippen molar-refractivity contribution in [3.63, 3.8) is 0 Å². The van der Waals surface area contributed by atoms with E-state index in [1.165, 1.54) is 0 Å². The van der Waals surface area contributed by atoms with Gasteiger partial charge in [-0.15, -0.1) is 24.0 Å². The lowest BCUT2D eigenvalue weighted by atomic mass is 10.3. The maximum absolute atomic E-state index is 5.56. The van der Waals surface area contributed by atoms with Crippen molar-refractivity contribution in [3.8, 4) is 17.2 Å². The van der Waals surface area contributed by atoms with Gasteiger partial charge in [-0.2, -0.15) is 0 Å². The predicted molar refractivity (Wildman–Crippen MR) is 85.7 cm³/mol. The zero-order chi connectivity index (χ0) is 13.4. The van der Waals surface area contributed by atoms with E-state index in [1.807, 2.05) is 0 Å². The van der Waals surface area contributed by atoms with E-state index in [1.54, 1.807) is 32.4 Å². The molecular formula is C12H20IN3O3. The Balaban J connectivity index is 0.00000324. The van der Waals surface area contributed by atoms with Gasteiger partial charge in [-0.05, 0) is 0 Å². The lowest BCUT2D eigenvalue weighted by Gasteiger charge is -2.09. The van der Waals surface area contributed by atoms with Crippen LogP contribution in [0.4, 0.5) is 0 Å². The molecule has 1 aromatic carbocycles. The third-order valence-electron chi connectivity index (χ3n) is 2.19. The molecule has 0 fully saturated rings. The molecule has 0 atom stereocenters. The second-order valence-corrected chi connectivity index (χ2v) is 3.56. The Kier molecular flexibility index (Phi) is 8.84. The summed E-state index contributed by atoms with van der Waals surface area (Å²) in [5, 5.41) is 0. The smallest absolute Gasteiger partial charge is 0.185 e. The Hall–Kier alpha value is -1.38. The fourth-order valence-corrected chi connectivity index (χ4v) is 1.33. The quantitative estimate of drug-likeness (QED) is 0.322. The van der Waals surface area contributed by atoms with Gasteiger partial charge < -0.3 is 25.7 Å². The number of hydrogen-bond donors (Lipinski definition) is 2. The highest BCUT2D eigenvalue weighted by Crippen LogP contribution is 2.27. The first kappa shape index (κ1) is 17.6.